The van der Waals surface area contributed by atoms with Crippen LogP contribution in [-0.4, -0.2) is 23.0 Å². The van der Waals surface area contributed by atoms with Gasteiger partial charge in [-0.05, 0) is 31.0 Å². The maximum Gasteiger partial charge on any atom is 0.251 e. The smallest absolute Gasteiger partial charge is 0.251 e. The number of nitrogens with zero attached hydrogens (tertiary/aromatic N) is 1. The summed E-state index contributed by atoms with van der Waals surface area (Å²) in [6.45, 7) is 3.68. The average molecular weight is 270 g/mol. The fraction of sp³-hybridized carbons (Fsp3) is 0.333. The van der Waals surface area contributed by atoms with Gasteiger partial charge in [-0.1, -0.05) is 29.7 Å². The molecule has 0 saturated heterocycles. The zero-order chi connectivity index (χ0) is 13.7. The quantitative estimate of drug-likeness (QED) is 0.338. The van der Waals surface area contributed by atoms with Crippen molar-refractivity contribution in [3.05, 3.63) is 34.3 Å². The number of nitrogens with one attached hydrogen (secondary N) is 1. The van der Waals surface area contributed by atoms with Crippen molar-refractivity contribution in [2.45, 2.75) is 26.3 Å². The Balaban J connectivity index is 2.84. The Morgan fingerprint density at radius 2 is 2.28 bits per heavy atom. The van der Waals surface area contributed by atoms with E-state index in [4.69, 9.17) is 22.5 Å². The van der Waals surface area contributed by atoms with Gasteiger partial charge >= 0.3 is 0 Å². The number of oxime groups is 1. The number of amides is 1. The van der Waals surface area contributed by atoms with Crippen LogP contribution in [0.25, 0.3) is 0 Å². The van der Waals surface area contributed by atoms with Crippen LogP contribution in [0.2, 0.25) is 5.02 Å². The van der Waals surface area contributed by atoms with Gasteiger partial charge in [0.2, 0.25) is 0 Å². The highest BCUT2D eigenvalue weighted by molar-refractivity contribution is 6.31. The third-order valence-electron chi connectivity index (χ3n) is 2.62. The van der Waals surface area contributed by atoms with Crippen LogP contribution in [0.15, 0.2) is 23.4 Å². The fourth-order valence-corrected chi connectivity index (χ4v) is 1.61. The highest BCUT2D eigenvalue weighted by Gasteiger charge is 2.16. The van der Waals surface area contributed by atoms with E-state index < -0.39 is 6.04 Å². The maximum absolute atomic E-state index is 11.9. The summed E-state index contributed by atoms with van der Waals surface area (Å²) < 4.78 is 0. The topological polar surface area (TPSA) is 87.7 Å². The minimum absolute atomic E-state index is 0.0240. The van der Waals surface area contributed by atoms with Gasteiger partial charge in [0, 0.05) is 10.6 Å². The molecule has 18 heavy (non-hydrogen) atoms. The molecule has 98 valence electrons. The molecule has 0 aliphatic heterocycles. The summed E-state index contributed by atoms with van der Waals surface area (Å²) in [6.07, 6.45) is 0.529. The molecular weight excluding hydrogens is 254 g/mol. The summed E-state index contributed by atoms with van der Waals surface area (Å²) >= 11 is 5.95. The van der Waals surface area contributed by atoms with Gasteiger partial charge < -0.3 is 16.3 Å². The van der Waals surface area contributed by atoms with E-state index in [2.05, 4.69) is 10.5 Å². The number of hydrogen-bond acceptors (Lipinski definition) is 3. The Labute approximate surface area is 111 Å². The average Bonchev–Trinajstić information content (AvgIpc) is 2.37. The Morgan fingerprint density at radius 3 is 2.78 bits per heavy atom. The van der Waals surface area contributed by atoms with Crippen LogP contribution in [0.5, 0.6) is 0 Å². The number of hydrogen-bond donors (Lipinski definition) is 3. The van der Waals surface area contributed by atoms with Crippen molar-refractivity contribution >= 4 is 23.3 Å². The highest BCUT2D eigenvalue weighted by Crippen LogP contribution is 2.16. The van der Waals surface area contributed by atoms with Gasteiger partial charge in [0.05, 0.1) is 6.04 Å². The molecule has 1 aromatic carbocycles. The summed E-state index contributed by atoms with van der Waals surface area (Å²) in [5.41, 5.74) is 6.81. The third kappa shape index (κ3) is 3.37. The normalized spacial score (nSPS) is 13.2. The van der Waals surface area contributed by atoms with Crippen LogP contribution in [0.3, 0.4) is 0 Å². The molecule has 0 fully saturated rings. The summed E-state index contributed by atoms with van der Waals surface area (Å²) in [4.78, 5) is 11.9. The standard InChI is InChI=1S/C12H16ClN3O2/c1-3-10(11(14)16-18)15-12(17)8-5-4-7(2)9(13)6-8/h4-6,10,18H,3H2,1-2H3,(H2,14,16)(H,15,17). The molecule has 0 aliphatic carbocycles. The van der Waals surface area contributed by atoms with Crippen molar-refractivity contribution < 1.29 is 10.0 Å². The molecule has 1 amide bonds. The second kappa shape index (κ2) is 6.26. The fourth-order valence-electron chi connectivity index (χ4n) is 1.43. The molecule has 1 unspecified atom stereocenters. The SMILES string of the molecule is CCC(NC(=O)c1ccc(C)c(Cl)c1)C(N)=NO. The molecule has 0 aromatic heterocycles. The number of rotatable bonds is 4. The lowest BCUT2D eigenvalue weighted by atomic mass is 10.1. The number of halogens is 1. The van der Waals surface area contributed by atoms with Crippen LogP contribution in [-0.2, 0) is 0 Å². The molecule has 4 N–H and O–H groups in total. The van der Waals surface area contributed by atoms with Crippen LogP contribution in [0, 0.1) is 6.92 Å². The molecule has 0 saturated carbocycles. The molecule has 6 heteroatoms. The van der Waals surface area contributed by atoms with Gasteiger partial charge in [0.1, 0.15) is 0 Å². The summed E-state index contributed by atoms with van der Waals surface area (Å²) in [6, 6.07) is 4.53. The van der Waals surface area contributed by atoms with Crippen molar-refractivity contribution in [3.8, 4) is 0 Å². The number of carbonyl (C=O) groups is 1. The second-order valence-corrected chi connectivity index (χ2v) is 4.33. The first-order chi connectivity index (χ1) is 8.49. The number of amidine groups is 1. The summed E-state index contributed by atoms with van der Waals surface area (Å²) in [5, 5.41) is 14.7. The van der Waals surface area contributed by atoms with Crippen molar-refractivity contribution in [2.75, 3.05) is 0 Å². The molecule has 0 heterocycles. The molecule has 0 spiro atoms. The van der Waals surface area contributed by atoms with E-state index in [0.29, 0.717) is 17.0 Å². The molecule has 1 rings (SSSR count). The van der Waals surface area contributed by atoms with Gasteiger partial charge in [0.15, 0.2) is 5.84 Å². The number of carbonyl (C=O) groups excluding carboxylic acids is 1. The minimum Gasteiger partial charge on any atom is -0.409 e. The monoisotopic (exact) mass is 269 g/mol. The first-order valence-corrected chi connectivity index (χ1v) is 5.91. The lowest BCUT2D eigenvalue weighted by Crippen LogP contribution is -2.44. The zero-order valence-corrected chi connectivity index (χ0v) is 11.0. The van der Waals surface area contributed by atoms with Crippen LogP contribution in [0.1, 0.15) is 29.3 Å². The number of aryl methyl sites for hydroxylation is 1. The van der Waals surface area contributed by atoms with Crippen LogP contribution in [0.4, 0.5) is 0 Å². The minimum atomic E-state index is -0.498. The van der Waals surface area contributed by atoms with Crippen molar-refractivity contribution in [1.29, 1.82) is 0 Å². The molecular formula is C12H16ClN3O2. The summed E-state index contributed by atoms with van der Waals surface area (Å²) in [5.74, 6) is -0.334. The lowest BCUT2D eigenvalue weighted by Gasteiger charge is -2.15. The zero-order valence-electron chi connectivity index (χ0n) is 10.3. The van der Waals surface area contributed by atoms with Crippen molar-refractivity contribution in [3.63, 3.8) is 0 Å². The highest BCUT2D eigenvalue weighted by atomic mass is 35.5. The Kier molecular flexibility index (Phi) is 4.97. The Morgan fingerprint density at radius 1 is 1.61 bits per heavy atom. The molecule has 0 aliphatic rings. The van der Waals surface area contributed by atoms with E-state index in [9.17, 15) is 4.79 Å². The van der Waals surface area contributed by atoms with E-state index in [-0.39, 0.29) is 11.7 Å². The summed E-state index contributed by atoms with van der Waals surface area (Å²) in [7, 11) is 0. The van der Waals surface area contributed by atoms with Gasteiger partial charge in [-0.15, -0.1) is 0 Å². The third-order valence-corrected chi connectivity index (χ3v) is 3.03. The Hall–Kier alpha value is -1.75. The molecule has 1 atom stereocenters. The lowest BCUT2D eigenvalue weighted by molar-refractivity contribution is 0.0945. The largest absolute Gasteiger partial charge is 0.409 e. The maximum atomic E-state index is 11.9. The molecule has 1 aromatic rings. The van der Waals surface area contributed by atoms with E-state index >= 15 is 0 Å². The Bertz CT molecular complexity index is 474. The van der Waals surface area contributed by atoms with Gasteiger partial charge in [-0.2, -0.15) is 0 Å². The first-order valence-electron chi connectivity index (χ1n) is 5.54. The van der Waals surface area contributed by atoms with Crippen LogP contribution < -0.4 is 11.1 Å². The predicted molar refractivity (Wildman–Crippen MR) is 71.1 cm³/mol. The predicted octanol–water partition coefficient (Wildman–Crippen LogP) is 1.90. The number of benzene rings is 1. The van der Waals surface area contributed by atoms with E-state index in [1.807, 2.05) is 13.8 Å². The molecule has 0 radical (unpaired) electrons. The van der Waals surface area contributed by atoms with Gasteiger partial charge in [-0.25, -0.2) is 0 Å². The van der Waals surface area contributed by atoms with Gasteiger partial charge in [0.25, 0.3) is 5.91 Å². The van der Waals surface area contributed by atoms with E-state index in [0.717, 1.165) is 5.56 Å². The van der Waals surface area contributed by atoms with Crippen molar-refractivity contribution in [1.82, 2.24) is 5.32 Å². The second-order valence-electron chi connectivity index (χ2n) is 3.92. The van der Waals surface area contributed by atoms with Gasteiger partial charge in [-0.3, -0.25) is 4.79 Å². The van der Waals surface area contributed by atoms with Crippen molar-refractivity contribution in [2.24, 2.45) is 10.9 Å². The number of nitrogens with two attached hydrogens (primary N) is 1. The molecule has 0 bridgehead atoms. The molecule has 5 nitrogen and oxygen atoms in total. The van der Waals surface area contributed by atoms with E-state index in [1.54, 1.807) is 18.2 Å². The van der Waals surface area contributed by atoms with E-state index in [1.165, 1.54) is 0 Å². The van der Waals surface area contributed by atoms with Crippen LogP contribution >= 0.6 is 11.6 Å². The first kappa shape index (κ1) is 14.3.